The van der Waals surface area contributed by atoms with E-state index in [-0.39, 0.29) is 11.8 Å². The summed E-state index contributed by atoms with van der Waals surface area (Å²) in [5.41, 5.74) is 0.546. The molecular weight excluding hydrogens is 336 g/mol. The number of amides is 2. The van der Waals surface area contributed by atoms with E-state index in [0.717, 1.165) is 32.5 Å². The lowest BCUT2D eigenvalue weighted by atomic mass is 10.0. The van der Waals surface area contributed by atoms with E-state index in [0.29, 0.717) is 35.9 Å². The molecule has 0 bridgehead atoms. The maximum Gasteiger partial charge on any atom is 0.256 e. The number of aromatic nitrogens is 1. The van der Waals surface area contributed by atoms with Crippen LogP contribution in [0.1, 0.15) is 36.5 Å². The van der Waals surface area contributed by atoms with Crippen LogP contribution in [0.4, 0.5) is 0 Å². The van der Waals surface area contributed by atoms with Crippen molar-refractivity contribution in [2.45, 2.75) is 32.2 Å². The fourth-order valence-corrected chi connectivity index (χ4v) is 3.84. The predicted molar refractivity (Wildman–Crippen MR) is 99.0 cm³/mol. The molecule has 0 spiro atoms. The molecule has 2 amide bonds. The van der Waals surface area contributed by atoms with Crippen LogP contribution in [0.25, 0.3) is 0 Å². The van der Waals surface area contributed by atoms with E-state index < -0.39 is 0 Å². The van der Waals surface area contributed by atoms with E-state index in [1.807, 2.05) is 9.80 Å². The number of hydrogen-bond acceptors (Lipinski definition) is 4. The summed E-state index contributed by atoms with van der Waals surface area (Å²) in [5, 5.41) is 0. The zero-order chi connectivity index (χ0) is 17.8. The number of pyridine rings is 1. The number of nitrogens with one attached hydrogen (secondary N) is 1. The second kappa shape index (κ2) is 8.10. The molecule has 3 heterocycles. The summed E-state index contributed by atoms with van der Waals surface area (Å²) < 4.78 is 0.476. The summed E-state index contributed by atoms with van der Waals surface area (Å²) in [7, 11) is 0. The SMILES string of the molecule is CC1CCCCN1C(=O)CN1CCN(C(=O)c2ccc[nH]c2=S)CC1. The highest BCUT2D eigenvalue weighted by Crippen LogP contribution is 2.17. The van der Waals surface area contributed by atoms with Crippen molar-refractivity contribution in [3.63, 3.8) is 0 Å². The minimum atomic E-state index is -0.0301. The van der Waals surface area contributed by atoms with Crippen molar-refractivity contribution in [3.05, 3.63) is 28.5 Å². The summed E-state index contributed by atoms with van der Waals surface area (Å²) in [6.45, 7) is 6.18. The van der Waals surface area contributed by atoms with Crippen molar-refractivity contribution in [1.29, 1.82) is 0 Å². The monoisotopic (exact) mass is 362 g/mol. The zero-order valence-electron chi connectivity index (χ0n) is 14.7. The van der Waals surface area contributed by atoms with Gasteiger partial charge in [0.25, 0.3) is 5.91 Å². The first kappa shape index (κ1) is 18.1. The number of carbonyl (C=O) groups is 2. The Bertz CT molecular complexity index is 682. The number of hydrogen-bond donors (Lipinski definition) is 1. The first-order chi connectivity index (χ1) is 12.1. The van der Waals surface area contributed by atoms with Gasteiger partial charge in [-0.25, -0.2) is 0 Å². The van der Waals surface area contributed by atoms with Gasteiger partial charge >= 0.3 is 0 Å². The lowest BCUT2D eigenvalue weighted by molar-refractivity contribution is -0.136. The van der Waals surface area contributed by atoms with Crippen molar-refractivity contribution in [2.24, 2.45) is 0 Å². The molecule has 0 radical (unpaired) electrons. The summed E-state index contributed by atoms with van der Waals surface area (Å²) in [6, 6.07) is 3.90. The topological polar surface area (TPSA) is 59.7 Å². The van der Waals surface area contributed by atoms with Crippen molar-refractivity contribution < 1.29 is 9.59 Å². The number of piperazine rings is 1. The third-order valence-electron chi connectivity index (χ3n) is 5.19. The molecule has 2 fully saturated rings. The molecule has 1 atom stereocenters. The fourth-order valence-electron chi connectivity index (χ4n) is 3.62. The Morgan fingerprint density at radius 1 is 1.20 bits per heavy atom. The van der Waals surface area contributed by atoms with Crippen molar-refractivity contribution in [1.82, 2.24) is 19.7 Å². The molecule has 6 nitrogen and oxygen atoms in total. The average molecular weight is 362 g/mol. The molecule has 7 heteroatoms. The molecule has 1 N–H and O–H groups in total. The van der Waals surface area contributed by atoms with Crippen LogP contribution in [0.5, 0.6) is 0 Å². The van der Waals surface area contributed by atoms with E-state index in [9.17, 15) is 9.59 Å². The molecule has 25 heavy (non-hydrogen) atoms. The van der Waals surface area contributed by atoms with E-state index in [1.165, 1.54) is 6.42 Å². The van der Waals surface area contributed by atoms with E-state index in [1.54, 1.807) is 18.3 Å². The maximum atomic E-state index is 12.6. The van der Waals surface area contributed by atoms with Crippen LogP contribution in [0, 0.1) is 4.64 Å². The molecule has 2 saturated heterocycles. The minimum absolute atomic E-state index is 0.0301. The van der Waals surface area contributed by atoms with Gasteiger partial charge in [0.1, 0.15) is 4.64 Å². The van der Waals surface area contributed by atoms with Crippen LogP contribution >= 0.6 is 12.2 Å². The van der Waals surface area contributed by atoms with Crippen LogP contribution < -0.4 is 0 Å². The third-order valence-corrected chi connectivity index (χ3v) is 5.53. The summed E-state index contributed by atoms with van der Waals surface area (Å²) in [5.74, 6) is 0.190. The molecule has 2 aliphatic rings. The van der Waals surface area contributed by atoms with Crippen molar-refractivity contribution in [2.75, 3.05) is 39.3 Å². The van der Waals surface area contributed by atoms with Gasteiger partial charge in [-0.05, 0) is 38.3 Å². The molecule has 2 aliphatic heterocycles. The highest BCUT2D eigenvalue weighted by atomic mass is 32.1. The van der Waals surface area contributed by atoms with E-state index in [4.69, 9.17) is 12.2 Å². The summed E-state index contributed by atoms with van der Waals surface area (Å²) in [6.07, 6.45) is 5.15. The average Bonchev–Trinajstić information content (AvgIpc) is 2.62. The molecule has 1 aromatic rings. The van der Waals surface area contributed by atoms with Crippen LogP contribution in [-0.4, -0.2) is 76.8 Å². The fraction of sp³-hybridized carbons (Fsp3) is 0.611. The first-order valence-electron chi connectivity index (χ1n) is 9.05. The Hall–Kier alpha value is -1.73. The first-order valence-corrected chi connectivity index (χ1v) is 9.46. The van der Waals surface area contributed by atoms with Crippen LogP contribution in [0.15, 0.2) is 18.3 Å². The third kappa shape index (κ3) is 4.27. The van der Waals surface area contributed by atoms with Crippen LogP contribution in [0.3, 0.4) is 0 Å². The second-order valence-electron chi connectivity index (χ2n) is 6.91. The highest BCUT2D eigenvalue weighted by Gasteiger charge is 2.27. The number of aromatic amines is 1. The van der Waals surface area contributed by atoms with E-state index >= 15 is 0 Å². The maximum absolute atomic E-state index is 12.6. The van der Waals surface area contributed by atoms with Crippen LogP contribution in [-0.2, 0) is 4.79 Å². The number of likely N-dealkylation sites (tertiary alicyclic amines) is 1. The second-order valence-corrected chi connectivity index (χ2v) is 7.32. The molecule has 136 valence electrons. The van der Waals surface area contributed by atoms with Gasteiger partial charge in [0.05, 0.1) is 12.1 Å². The Morgan fingerprint density at radius 2 is 1.96 bits per heavy atom. The van der Waals surface area contributed by atoms with Crippen molar-refractivity contribution in [3.8, 4) is 0 Å². The number of rotatable bonds is 3. The molecule has 3 rings (SSSR count). The molecular formula is C18H26N4O2S. The standard InChI is InChI=1S/C18H26N4O2S/c1-14-5-2-3-8-22(14)16(23)13-20-9-11-21(12-10-20)18(24)15-6-4-7-19-17(15)25/h4,6-7,14H,2-3,5,8-13H2,1H3,(H,19,25). The molecule has 0 saturated carbocycles. The molecule has 1 aromatic heterocycles. The Labute approximate surface area is 153 Å². The van der Waals surface area contributed by atoms with Gasteiger partial charge in [-0.2, -0.15) is 0 Å². The van der Waals surface area contributed by atoms with Gasteiger partial charge in [-0.15, -0.1) is 0 Å². The largest absolute Gasteiger partial charge is 0.352 e. The predicted octanol–water partition coefficient (Wildman–Crippen LogP) is 1.90. The normalized spacial score (nSPS) is 22.0. The summed E-state index contributed by atoms with van der Waals surface area (Å²) >= 11 is 5.20. The molecule has 0 aromatic carbocycles. The van der Waals surface area contributed by atoms with Gasteiger partial charge < -0.3 is 14.8 Å². The number of carbonyl (C=O) groups excluding carboxylic acids is 2. The highest BCUT2D eigenvalue weighted by molar-refractivity contribution is 7.71. The number of nitrogens with zero attached hydrogens (tertiary/aromatic N) is 3. The minimum Gasteiger partial charge on any atom is -0.352 e. The molecule has 0 aliphatic carbocycles. The molecule has 1 unspecified atom stereocenters. The quantitative estimate of drug-likeness (QED) is 0.835. The zero-order valence-corrected chi connectivity index (χ0v) is 15.6. The van der Waals surface area contributed by atoms with Gasteiger partial charge in [-0.3, -0.25) is 14.5 Å². The van der Waals surface area contributed by atoms with E-state index in [2.05, 4.69) is 16.8 Å². The van der Waals surface area contributed by atoms with Crippen LogP contribution in [0.2, 0.25) is 0 Å². The van der Waals surface area contributed by atoms with Gasteiger partial charge in [0.2, 0.25) is 5.91 Å². The lowest BCUT2D eigenvalue weighted by Crippen LogP contribution is -2.53. The van der Waals surface area contributed by atoms with Crippen molar-refractivity contribution >= 4 is 24.0 Å². The number of piperidine rings is 1. The Balaban J connectivity index is 1.52. The van der Waals surface area contributed by atoms with Gasteiger partial charge in [0, 0.05) is 45.0 Å². The van der Waals surface area contributed by atoms with Gasteiger partial charge in [0.15, 0.2) is 0 Å². The Kier molecular flexibility index (Phi) is 5.86. The number of H-pyrrole nitrogens is 1. The summed E-state index contributed by atoms with van der Waals surface area (Å²) in [4.78, 5) is 34.0. The Morgan fingerprint density at radius 3 is 2.64 bits per heavy atom. The smallest absolute Gasteiger partial charge is 0.256 e. The van der Waals surface area contributed by atoms with Gasteiger partial charge in [-0.1, -0.05) is 12.2 Å². The lowest BCUT2D eigenvalue weighted by Gasteiger charge is -2.38.